The number of hydrogen-bond donors (Lipinski definition) is 0. The number of hydrogen-bond acceptors (Lipinski definition) is 3. The summed E-state index contributed by atoms with van der Waals surface area (Å²) in [5.74, 6) is -2.01. The maximum atomic E-state index is 13.5. The number of nitrogens with zero attached hydrogens (tertiary/aromatic N) is 2. The summed E-state index contributed by atoms with van der Waals surface area (Å²) in [5, 5.41) is 0. The lowest BCUT2D eigenvalue weighted by Crippen LogP contribution is -2.30. The summed E-state index contributed by atoms with van der Waals surface area (Å²) < 4.78 is 33.6. The molecule has 0 N–H and O–H groups in total. The largest absolute Gasteiger partial charge is 0.454 e. The molecule has 0 aliphatic carbocycles. The van der Waals surface area contributed by atoms with Crippen molar-refractivity contribution in [2.75, 3.05) is 11.4 Å². The number of anilines is 1. The molecule has 2 heterocycles. The third kappa shape index (κ3) is 3.56. The van der Waals surface area contributed by atoms with Crippen molar-refractivity contribution in [1.29, 1.82) is 0 Å². The van der Waals surface area contributed by atoms with E-state index >= 15 is 0 Å². The Bertz CT molecular complexity index is 994. The molecule has 0 saturated heterocycles. The van der Waals surface area contributed by atoms with Gasteiger partial charge in [0, 0.05) is 30.6 Å². The molecule has 3 rings (SSSR count). The molecule has 0 spiro atoms. The van der Waals surface area contributed by atoms with E-state index in [1.165, 1.54) is 27.7 Å². The van der Waals surface area contributed by atoms with Crippen molar-refractivity contribution in [3.8, 4) is 0 Å². The maximum absolute atomic E-state index is 13.5. The summed E-state index contributed by atoms with van der Waals surface area (Å²) in [6, 6.07) is 11.1. The smallest absolute Gasteiger partial charge is 0.293 e. The quantitative estimate of drug-likeness (QED) is 0.702. The van der Waals surface area contributed by atoms with Crippen LogP contribution < -0.4 is 10.5 Å². The van der Waals surface area contributed by atoms with Gasteiger partial charge in [-0.25, -0.2) is 8.78 Å². The molecule has 134 valence electrons. The fraction of sp³-hybridized carbons (Fsp3) is 0.158. The predicted octanol–water partition coefficient (Wildman–Crippen LogP) is 3.43. The molecule has 3 aromatic rings. The van der Waals surface area contributed by atoms with Crippen LogP contribution >= 0.6 is 0 Å². The standard InChI is InChI=1S/C19H16F2N2O3/c1-2-23(13-6-8-15(20)16(21)11-13)19(25)17-9-7-14(26-17)12-22-10-4-3-5-18(22)24/h3-11H,2,12H2,1H3. The average Bonchev–Trinajstić information content (AvgIpc) is 3.09. The fourth-order valence-electron chi connectivity index (χ4n) is 2.57. The Morgan fingerprint density at radius 1 is 1.12 bits per heavy atom. The number of furan rings is 1. The maximum Gasteiger partial charge on any atom is 0.293 e. The second-order valence-electron chi connectivity index (χ2n) is 5.58. The first-order valence-electron chi connectivity index (χ1n) is 8.00. The van der Waals surface area contributed by atoms with Gasteiger partial charge in [0.15, 0.2) is 17.4 Å². The van der Waals surface area contributed by atoms with Gasteiger partial charge in [-0.05, 0) is 37.3 Å². The van der Waals surface area contributed by atoms with Gasteiger partial charge in [0.2, 0.25) is 0 Å². The fourth-order valence-corrected chi connectivity index (χ4v) is 2.57. The third-order valence-corrected chi connectivity index (χ3v) is 3.87. The van der Waals surface area contributed by atoms with Crippen molar-refractivity contribution in [2.45, 2.75) is 13.5 Å². The molecule has 0 aliphatic rings. The van der Waals surface area contributed by atoms with Crippen LogP contribution in [-0.4, -0.2) is 17.0 Å². The number of benzene rings is 1. The van der Waals surface area contributed by atoms with Crippen LogP contribution in [0.25, 0.3) is 0 Å². The molecule has 0 fully saturated rings. The van der Waals surface area contributed by atoms with E-state index in [1.807, 2.05) is 0 Å². The minimum Gasteiger partial charge on any atom is -0.454 e. The predicted molar refractivity (Wildman–Crippen MR) is 92.2 cm³/mol. The van der Waals surface area contributed by atoms with E-state index in [1.54, 1.807) is 31.3 Å². The van der Waals surface area contributed by atoms with Gasteiger partial charge in [0.25, 0.3) is 11.5 Å². The summed E-state index contributed by atoms with van der Waals surface area (Å²) in [6.45, 7) is 2.15. The highest BCUT2D eigenvalue weighted by Crippen LogP contribution is 2.21. The Labute approximate surface area is 148 Å². The van der Waals surface area contributed by atoms with Gasteiger partial charge in [-0.3, -0.25) is 9.59 Å². The SMILES string of the molecule is CCN(C(=O)c1ccc(Cn2ccccc2=O)o1)c1ccc(F)c(F)c1. The molecule has 0 aliphatic heterocycles. The molecule has 1 aromatic carbocycles. The molecule has 5 nitrogen and oxygen atoms in total. The zero-order valence-electron chi connectivity index (χ0n) is 14.0. The Morgan fingerprint density at radius 2 is 1.92 bits per heavy atom. The van der Waals surface area contributed by atoms with Gasteiger partial charge in [0.1, 0.15) is 5.76 Å². The number of pyridine rings is 1. The molecule has 26 heavy (non-hydrogen) atoms. The minimum absolute atomic E-state index is 0.0514. The highest BCUT2D eigenvalue weighted by molar-refractivity contribution is 6.04. The van der Waals surface area contributed by atoms with Crippen molar-refractivity contribution < 1.29 is 18.0 Å². The highest BCUT2D eigenvalue weighted by Gasteiger charge is 2.21. The molecule has 0 radical (unpaired) electrons. The Balaban J connectivity index is 1.83. The van der Waals surface area contributed by atoms with E-state index in [2.05, 4.69) is 0 Å². The number of halogens is 2. The third-order valence-electron chi connectivity index (χ3n) is 3.87. The Morgan fingerprint density at radius 3 is 2.62 bits per heavy atom. The first-order chi connectivity index (χ1) is 12.5. The number of carbonyl (C=O) groups excluding carboxylic acids is 1. The van der Waals surface area contributed by atoms with Crippen molar-refractivity contribution >= 4 is 11.6 Å². The van der Waals surface area contributed by atoms with Crippen LogP contribution in [0.15, 0.2) is 63.9 Å². The van der Waals surface area contributed by atoms with Crippen molar-refractivity contribution in [3.05, 3.63) is 88.2 Å². The van der Waals surface area contributed by atoms with Gasteiger partial charge >= 0.3 is 0 Å². The number of rotatable bonds is 5. The van der Waals surface area contributed by atoms with E-state index in [4.69, 9.17) is 4.42 Å². The molecular weight excluding hydrogens is 342 g/mol. The minimum atomic E-state index is -1.03. The van der Waals surface area contributed by atoms with Crippen molar-refractivity contribution in [3.63, 3.8) is 0 Å². The second kappa shape index (κ2) is 7.35. The molecular formula is C19H16F2N2O3. The first kappa shape index (κ1) is 17.6. The van der Waals surface area contributed by atoms with Crippen LogP contribution in [0, 0.1) is 11.6 Å². The zero-order valence-corrected chi connectivity index (χ0v) is 14.0. The monoisotopic (exact) mass is 358 g/mol. The van der Waals surface area contributed by atoms with E-state index in [0.717, 1.165) is 12.1 Å². The normalized spacial score (nSPS) is 10.7. The molecule has 1 amide bonds. The van der Waals surface area contributed by atoms with Gasteiger partial charge in [-0.2, -0.15) is 0 Å². The zero-order chi connectivity index (χ0) is 18.7. The molecule has 2 aromatic heterocycles. The van der Waals surface area contributed by atoms with Gasteiger partial charge in [-0.15, -0.1) is 0 Å². The lowest BCUT2D eigenvalue weighted by atomic mass is 10.2. The van der Waals surface area contributed by atoms with Gasteiger partial charge < -0.3 is 13.9 Å². The lowest BCUT2D eigenvalue weighted by Gasteiger charge is -2.20. The van der Waals surface area contributed by atoms with Gasteiger partial charge in [-0.1, -0.05) is 6.07 Å². The van der Waals surface area contributed by atoms with E-state index in [9.17, 15) is 18.4 Å². The highest BCUT2D eigenvalue weighted by atomic mass is 19.2. The second-order valence-corrected chi connectivity index (χ2v) is 5.58. The van der Waals surface area contributed by atoms with Crippen LogP contribution in [0.3, 0.4) is 0 Å². The number of amides is 1. The molecule has 0 unspecified atom stereocenters. The van der Waals surface area contributed by atoms with Crippen LogP contribution in [0.5, 0.6) is 0 Å². The Kier molecular flexibility index (Phi) is 4.97. The van der Waals surface area contributed by atoms with Gasteiger partial charge in [0.05, 0.1) is 6.54 Å². The van der Waals surface area contributed by atoms with E-state index in [-0.39, 0.29) is 30.1 Å². The van der Waals surface area contributed by atoms with Crippen molar-refractivity contribution in [2.24, 2.45) is 0 Å². The summed E-state index contributed by atoms with van der Waals surface area (Å²) in [4.78, 5) is 25.7. The van der Waals surface area contributed by atoms with Crippen LogP contribution in [0.1, 0.15) is 23.2 Å². The number of carbonyl (C=O) groups is 1. The van der Waals surface area contributed by atoms with Crippen molar-refractivity contribution in [1.82, 2.24) is 4.57 Å². The topological polar surface area (TPSA) is 55.5 Å². The number of aromatic nitrogens is 1. The summed E-state index contributed by atoms with van der Waals surface area (Å²) in [5.41, 5.74) is 0.0439. The molecule has 0 bridgehead atoms. The first-order valence-corrected chi connectivity index (χ1v) is 8.00. The molecule has 0 saturated carbocycles. The van der Waals surface area contributed by atoms with Crippen LogP contribution in [0.4, 0.5) is 14.5 Å². The molecule has 0 atom stereocenters. The summed E-state index contributed by atoms with van der Waals surface area (Å²) >= 11 is 0. The summed E-state index contributed by atoms with van der Waals surface area (Å²) in [7, 11) is 0. The van der Waals surface area contributed by atoms with E-state index < -0.39 is 17.5 Å². The molecule has 7 heteroatoms. The summed E-state index contributed by atoms with van der Waals surface area (Å²) in [6.07, 6.45) is 1.62. The van der Waals surface area contributed by atoms with Crippen LogP contribution in [0.2, 0.25) is 0 Å². The van der Waals surface area contributed by atoms with E-state index in [0.29, 0.717) is 5.76 Å². The average molecular weight is 358 g/mol. The lowest BCUT2D eigenvalue weighted by molar-refractivity contribution is 0.0959. The Hall–Kier alpha value is -3.22. The van der Waals surface area contributed by atoms with Crippen LogP contribution in [-0.2, 0) is 6.54 Å².